The van der Waals surface area contributed by atoms with E-state index in [-0.39, 0.29) is 24.5 Å². The number of carbonyl (C=O) groups excluding carboxylic acids is 2. The van der Waals surface area contributed by atoms with Crippen molar-refractivity contribution < 1.29 is 14.3 Å². The molecular weight excluding hydrogens is 196 g/mol. The van der Waals surface area contributed by atoms with E-state index in [2.05, 4.69) is 10.1 Å². The lowest BCUT2D eigenvalue weighted by atomic mass is 10.2. The number of hydrogen-bond acceptors (Lipinski definition) is 4. The van der Waals surface area contributed by atoms with Crippen molar-refractivity contribution in [3.8, 4) is 0 Å². The van der Waals surface area contributed by atoms with Crippen molar-refractivity contribution in [1.29, 1.82) is 0 Å². The van der Waals surface area contributed by atoms with Crippen LogP contribution in [0.4, 0.5) is 0 Å². The first kappa shape index (κ1) is 13.9. The maximum atomic E-state index is 11.8. The van der Waals surface area contributed by atoms with Crippen LogP contribution in [0.5, 0.6) is 0 Å². The highest BCUT2D eigenvalue weighted by atomic mass is 16.5. The van der Waals surface area contributed by atoms with E-state index in [4.69, 9.17) is 0 Å². The summed E-state index contributed by atoms with van der Waals surface area (Å²) in [6.45, 7) is 4.32. The van der Waals surface area contributed by atoms with Gasteiger partial charge in [-0.25, -0.2) is 0 Å². The lowest BCUT2D eigenvalue weighted by Crippen LogP contribution is -2.46. The fraction of sp³-hybridized carbons (Fsp3) is 0.800. The summed E-state index contributed by atoms with van der Waals surface area (Å²) >= 11 is 0. The van der Waals surface area contributed by atoms with Crippen molar-refractivity contribution in [3.05, 3.63) is 0 Å². The molecule has 0 aliphatic heterocycles. The molecule has 0 bridgehead atoms. The Morgan fingerprint density at radius 3 is 2.47 bits per heavy atom. The first-order valence-corrected chi connectivity index (χ1v) is 5.09. The van der Waals surface area contributed by atoms with Crippen LogP contribution in [-0.4, -0.2) is 50.1 Å². The molecule has 0 aromatic carbocycles. The van der Waals surface area contributed by atoms with Crippen LogP contribution in [0.1, 0.15) is 20.3 Å². The zero-order chi connectivity index (χ0) is 11.8. The summed E-state index contributed by atoms with van der Waals surface area (Å²) in [5.74, 6) is -0.468. The molecule has 15 heavy (non-hydrogen) atoms. The van der Waals surface area contributed by atoms with E-state index in [1.807, 2.05) is 6.92 Å². The molecule has 0 spiro atoms. The highest BCUT2D eigenvalue weighted by Gasteiger charge is 2.20. The maximum absolute atomic E-state index is 11.8. The first-order chi connectivity index (χ1) is 7.06. The number of esters is 1. The van der Waals surface area contributed by atoms with Crippen LogP contribution in [0.15, 0.2) is 0 Å². The molecule has 5 nitrogen and oxygen atoms in total. The standard InChI is InChI=1S/C10H20N2O3/c1-5-6-12(7-9(13)15-4)10(14)8(2)11-3/h8,11H,5-7H2,1-4H3. The number of hydrogen-bond donors (Lipinski definition) is 1. The smallest absolute Gasteiger partial charge is 0.325 e. The number of nitrogens with one attached hydrogen (secondary N) is 1. The Bertz CT molecular complexity index is 219. The fourth-order valence-electron chi connectivity index (χ4n) is 1.15. The van der Waals surface area contributed by atoms with Gasteiger partial charge in [-0.05, 0) is 20.4 Å². The average molecular weight is 216 g/mol. The topological polar surface area (TPSA) is 58.6 Å². The second-order valence-electron chi connectivity index (χ2n) is 3.35. The molecule has 0 fully saturated rings. The Morgan fingerprint density at radius 2 is 2.07 bits per heavy atom. The zero-order valence-corrected chi connectivity index (χ0v) is 9.87. The van der Waals surface area contributed by atoms with Crippen LogP contribution in [0.25, 0.3) is 0 Å². The summed E-state index contributed by atoms with van der Waals surface area (Å²) in [5, 5.41) is 2.85. The summed E-state index contributed by atoms with van der Waals surface area (Å²) in [5.41, 5.74) is 0. The predicted molar refractivity (Wildman–Crippen MR) is 57.4 cm³/mol. The Labute approximate surface area is 90.8 Å². The third-order valence-electron chi connectivity index (χ3n) is 2.16. The molecule has 1 N–H and O–H groups in total. The largest absolute Gasteiger partial charge is 0.468 e. The molecule has 1 amide bonds. The molecule has 88 valence electrons. The summed E-state index contributed by atoms with van der Waals surface area (Å²) in [6.07, 6.45) is 0.819. The molecule has 0 aliphatic carbocycles. The molecule has 5 heteroatoms. The fourth-order valence-corrected chi connectivity index (χ4v) is 1.15. The third kappa shape index (κ3) is 4.78. The summed E-state index contributed by atoms with van der Waals surface area (Å²) in [6, 6.07) is -0.277. The molecule has 0 aliphatic rings. The average Bonchev–Trinajstić information content (AvgIpc) is 2.26. The van der Waals surface area contributed by atoms with E-state index in [0.717, 1.165) is 6.42 Å². The van der Waals surface area contributed by atoms with Gasteiger partial charge in [0.15, 0.2) is 0 Å². The highest BCUT2D eigenvalue weighted by molar-refractivity contribution is 5.85. The minimum Gasteiger partial charge on any atom is -0.468 e. The quantitative estimate of drug-likeness (QED) is 0.635. The zero-order valence-electron chi connectivity index (χ0n) is 9.87. The van der Waals surface area contributed by atoms with Crippen LogP contribution in [-0.2, 0) is 14.3 Å². The van der Waals surface area contributed by atoms with Gasteiger partial charge in [0.05, 0.1) is 13.2 Å². The van der Waals surface area contributed by atoms with Crippen molar-refractivity contribution in [1.82, 2.24) is 10.2 Å². The van der Waals surface area contributed by atoms with Crippen molar-refractivity contribution in [3.63, 3.8) is 0 Å². The predicted octanol–water partition coefficient (Wildman–Crippen LogP) is 0.00590. The van der Waals surface area contributed by atoms with Crippen LogP contribution in [0.3, 0.4) is 0 Å². The van der Waals surface area contributed by atoms with Crippen LogP contribution in [0, 0.1) is 0 Å². The maximum Gasteiger partial charge on any atom is 0.325 e. The minimum atomic E-state index is -0.389. The van der Waals surface area contributed by atoms with Gasteiger partial charge in [-0.1, -0.05) is 6.92 Å². The van der Waals surface area contributed by atoms with Crippen LogP contribution < -0.4 is 5.32 Å². The Morgan fingerprint density at radius 1 is 1.47 bits per heavy atom. The lowest BCUT2D eigenvalue weighted by Gasteiger charge is -2.23. The van der Waals surface area contributed by atoms with E-state index < -0.39 is 0 Å². The van der Waals surface area contributed by atoms with E-state index in [0.29, 0.717) is 6.54 Å². The molecule has 0 radical (unpaired) electrons. The van der Waals surface area contributed by atoms with Crippen molar-refractivity contribution in [2.45, 2.75) is 26.3 Å². The molecule has 0 saturated carbocycles. The summed E-state index contributed by atoms with van der Waals surface area (Å²) < 4.78 is 4.54. The number of carbonyl (C=O) groups is 2. The molecule has 0 aromatic heterocycles. The molecule has 1 atom stereocenters. The molecule has 0 aromatic rings. The number of ether oxygens (including phenoxy) is 1. The Hall–Kier alpha value is -1.10. The van der Waals surface area contributed by atoms with Gasteiger partial charge in [-0.15, -0.1) is 0 Å². The van der Waals surface area contributed by atoms with Crippen molar-refractivity contribution >= 4 is 11.9 Å². The summed E-state index contributed by atoms with van der Waals surface area (Å²) in [4.78, 5) is 24.4. The van der Waals surface area contributed by atoms with E-state index in [1.165, 1.54) is 12.0 Å². The third-order valence-corrected chi connectivity index (χ3v) is 2.16. The number of nitrogens with zero attached hydrogens (tertiary/aromatic N) is 1. The van der Waals surface area contributed by atoms with Crippen molar-refractivity contribution in [2.75, 3.05) is 27.2 Å². The first-order valence-electron chi connectivity index (χ1n) is 5.09. The minimum absolute atomic E-state index is 0.0230. The van der Waals surface area contributed by atoms with Gasteiger partial charge in [0.2, 0.25) is 5.91 Å². The number of amides is 1. The number of likely N-dealkylation sites (N-methyl/N-ethyl adjacent to an activating group) is 1. The van der Waals surface area contributed by atoms with Crippen LogP contribution in [0.2, 0.25) is 0 Å². The van der Waals surface area contributed by atoms with E-state index >= 15 is 0 Å². The summed E-state index contributed by atoms with van der Waals surface area (Å²) in [7, 11) is 3.03. The van der Waals surface area contributed by atoms with Gasteiger partial charge in [0.25, 0.3) is 0 Å². The molecule has 1 unspecified atom stereocenters. The molecule has 0 saturated heterocycles. The lowest BCUT2D eigenvalue weighted by molar-refractivity contribution is -0.147. The van der Waals surface area contributed by atoms with Gasteiger partial charge in [0, 0.05) is 6.54 Å². The number of methoxy groups -OCH3 is 1. The SMILES string of the molecule is CCCN(CC(=O)OC)C(=O)C(C)NC. The second-order valence-corrected chi connectivity index (χ2v) is 3.35. The molecule has 0 heterocycles. The monoisotopic (exact) mass is 216 g/mol. The normalized spacial score (nSPS) is 12.0. The molecular formula is C10H20N2O3. The van der Waals surface area contributed by atoms with E-state index in [9.17, 15) is 9.59 Å². The van der Waals surface area contributed by atoms with Gasteiger partial charge in [-0.2, -0.15) is 0 Å². The number of rotatable bonds is 6. The Balaban J connectivity index is 4.37. The molecule has 0 rings (SSSR count). The second kappa shape index (κ2) is 7.23. The Kier molecular flexibility index (Phi) is 6.70. The highest BCUT2D eigenvalue weighted by Crippen LogP contribution is 1.97. The van der Waals surface area contributed by atoms with E-state index in [1.54, 1.807) is 14.0 Å². The van der Waals surface area contributed by atoms with Crippen LogP contribution >= 0.6 is 0 Å². The van der Waals surface area contributed by atoms with Gasteiger partial charge in [-0.3, -0.25) is 9.59 Å². The van der Waals surface area contributed by atoms with Gasteiger partial charge < -0.3 is 15.0 Å². The van der Waals surface area contributed by atoms with Gasteiger partial charge in [0.1, 0.15) is 6.54 Å². The van der Waals surface area contributed by atoms with Gasteiger partial charge >= 0.3 is 5.97 Å². The van der Waals surface area contributed by atoms with Crippen molar-refractivity contribution in [2.24, 2.45) is 0 Å².